The first-order chi connectivity index (χ1) is 10.7. The van der Waals surface area contributed by atoms with Crippen LogP contribution in [0.25, 0.3) is 0 Å². The van der Waals surface area contributed by atoms with Crippen LogP contribution >= 0.6 is 0 Å². The Kier molecular flexibility index (Phi) is 13.3. The molecule has 0 aliphatic rings. The van der Waals surface area contributed by atoms with E-state index in [1.165, 1.54) is 11.1 Å². The fraction of sp³-hybridized carbons (Fsp3) is 0.111. The molecule has 2 aromatic carbocycles. The maximum absolute atomic E-state index is 4.98. The Balaban J connectivity index is 0.000000403. The van der Waals surface area contributed by atoms with Crippen molar-refractivity contribution in [2.24, 2.45) is 0 Å². The Bertz CT molecular complexity index is 539. The van der Waals surface area contributed by atoms with Crippen LogP contribution in [0.5, 0.6) is 0 Å². The molecule has 0 aromatic heterocycles. The average Bonchev–Trinajstić information content (AvgIpc) is 2.57. The van der Waals surface area contributed by atoms with Crippen molar-refractivity contribution in [1.29, 1.82) is 0 Å². The predicted molar refractivity (Wildman–Crippen MR) is 106 cm³/mol. The van der Waals surface area contributed by atoms with Gasteiger partial charge in [-0.1, -0.05) is 60.7 Å². The van der Waals surface area contributed by atoms with Crippen molar-refractivity contribution in [3.63, 3.8) is 0 Å². The molecule has 0 saturated heterocycles. The van der Waals surface area contributed by atoms with Crippen LogP contribution < -0.4 is 0 Å². The third-order valence-electron chi connectivity index (χ3n) is 2.71. The summed E-state index contributed by atoms with van der Waals surface area (Å²) in [5.41, 5.74) is 2.44. The third-order valence-corrected chi connectivity index (χ3v) is 4.10. The SMILES string of the molecule is [Ni].[S-]/C=C(\[S-])Cc1ccccc1.[S-]/C=C(\[S-])Cc1ccccc1. The number of allylic oxidation sites excluding steroid dienone is 2. The molecule has 0 aliphatic heterocycles. The first-order valence-corrected chi connectivity index (χ1v) is 8.45. The van der Waals surface area contributed by atoms with Crippen molar-refractivity contribution in [2.75, 3.05) is 0 Å². The van der Waals surface area contributed by atoms with Gasteiger partial charge in [0.05, 0.1) is 0 Å². The average molecular weight is 419 g/mol. The van der Waals surface area contributed by atoms with E-state index in [0.29, 0.717) is 0 Å². The Morgan fingerprint density at radius 1 is 0.652 bits per heavy atom. The molecule has 0 saturated carbocycles. The van der Waals surface area contributed by atoms with Crippen LogP contribution in [0.1, 0.15) is 11.1 Å². The van der Waals surface area contributed by atoms with Crippen LogP contribution in [0.15, 0.2) is 81.3 Å². The van der Waals surface area contributed by atoms with Crippen molar-refractivity contribution in [1.82, 2.24) is 0 Å². The minimum atomic E-state index is 0. The molecule has 0 radical (unpaired) electrons. The van der Waals surface area contributed by atoms with Gasteiger partial charge in [-0.25, -0.2) is 20.6 Å². The van der Waals surface area contributed by atoms with Crippen LogP contribution in [0.4, 0.5) is 0 Å². The second kappa shape index (κ2) is 13.7. The molecule has 0 N–H and O–H groups in total. The van der Waals surface area contributed by atoms with Crippen LogP contribution in [0.3, 0.4) is 0 Å². The molecule has 0 fully saturated rings. The molecule has 0 heterocycles. The van der Waals surface area contributed by atoms with Gasteiger partial charge in [-0.15, -0.1) is 0 Å². The van der Waals surface area contributed by atoms with E-state index in [1.807, 2.05) is 60.7 Å². The van der Waals surface area contributed by atoms with E-state index in [1.54, 1.807) is 10.8 Å². The molecular formula is C18H16NiS4-4. The molecule has 0 bridgehead atoms. The van der Waals surface area contributed by atoms with Gasteiger partial charge in [0.15, 0.2) is 0 Å². The summed E-state index contributed by atoms with van der Waals surface area (Å²) in [6.45, 7) is 0. The van der Waals surface area contributed by atoms with Gasteiger partial charge in [0.2, 0.25) is 0 Å². The summed E-state index contributed by atoms with van der Waals surface area (Å²) in [4.78, 5) is 1.65. The van der Waals surface area contributed by atoms with Gasteiger partial charge in [0.1, 0.15) is 0 Å². The summed E-state index contributed by atoms with van der Waals surface area (Å²) in [5.74, 6) is 0. The molecule has 0 atom stereocenters. The number of hydrogen-bond acceptors (Lipinski definition) is 4. The summed E-state index contributed by atoms with van der Waals surface area (Å²) in [7, 11) is 0. The molecule has 0 amide bonds. The van der Waals surface area contributed by atoms with Crippen LogP contribution in [-0.2, 0) is 79.8 Å². The van der Waals surface area contributed by atoms with Gasteiger partial charge in [0.25, 0.3) is 0 Å². The first-order valence-electron chi connectivity index (χ1n) is 6.69. The van der Waals surface area contributed by atoms with Crippen LogP contribution in [-0.4, -0.2) is 0 Å². The van der Waals surface area contributed by atoms with E-state index in [0.717, 1.165) is 22.7 Å². The second-order valence-corrected chi connectivity index (χ2v) is 6.01. The Morgan fingerprint density at radius 3 is 1.22 bits per heavy atom. The zero-order chi connectivity index (χ0) is 16.2. The van der Waals surface area contributed by atoms with Gasteiger partial charge < -0.3 is 50.5 Å². The molecular weight excluding hydrogens is 403 g/mol. The topological polar surface area (TPSA) is 0 Å². The number of hydrogen-bond donors (Lipinski definition) is 0. The Hall–Kier alpha value is -0.706. The molecule has 5 heteroatoms. The second-order valence-electron chi connectivity index (χ2n) is 4.49. The van der Waals surface area contributed by atoms with E-state index >= 15 is 0 Å². The smallest absolute Gasteiger partial charge is 0 e. The molecule has 0 spiro atoms. The van der Waals surface area contributed by atoms with Gasteiger partial charge in [-0.05, 0) is 24.0 Å². The van der Waals surface area contributed by atoms with Crippen LogP contribution in [0, 0.1) is 0 Å². The number of benzene rings is 2. The Morgan fingerprint density at radius 2 is 0.957 bits per heavy atom. The van der Waals surface area contributed by atoms with Gasteiger partial charge in [0, 0.05) is 16.5 Å². The zero-order valence-electron chi connectivity index (χ0n) is 12.3. The number of rotatable bonds is 4. The standard InChI is InChI=1S/2C9H10S2.Ni/c2*10-7-9(11)6-8-4-2-1-3-5-8;/h2*1-5,7,10-11H,6H2;/p-4/b2*9-7-;. The molecule has 2 aromatic rings. The first kappa shape index (κ1) is 22.3. The summed E-state index contributed by atoms with van der Waals surface area (Å²) < 4.78 is 0. The zero-order valence-corrected chi connectivity index (χ0v) is 16.5. The molecule has 0 aliphatic carbocycles. The molecule has 23 heavy (non-hydrogen) atoms. The molecule has 2 rings (SSSR count). The largest absolute Gasteiger partial charge is 0.789 e. The monoisotopic (exact) mass is 418 g/mol. The maximum atomic E-state index is 4.98. The normalized spacial score (nSPS) is 11.0. The van der Waals surface area contributed by atoms with Crippen molar-refractivity contribution in [2.45, 2.75) is 12.8 Å². The summed E-state index contributed by atoms with van der Waals surface area (Å²) in [6, 6.07) is 20.2. The minimum absolute atomic E-state index is 0. The van der Waals surface area contributed by atoms with E-state index < -0.39 is 0 Å². The third kappa shape index (κ3) is 10.6. The quantitative estimate of drug-likeness (QED) is 0.535. The van der Waals surface area contributed by atoms with Gasteiger partial charge in [-0.2, -0.15) is 0 Å². The van der Waals surface area contributed by atoms with Gasteiger partial charge in [-0.3, -0.25) is 0 Å². The molecule has 0 nitrogen and oxygen atoms in total. The Labute approximate surface area is 171 Å². The molecule has 0 unspecified atom stereocenters. The van der Waals surface area contributed by atoms with E-state index in [9.17, 15) is 0 Å². The van der Waals surface area contributed by atoms with Crippen molar-refractivity contribution in [3.8, 4) is 0 Å². The maximum Gasteiger partial charge on any atom is 0 e. The van der Waals surface area contributed by atoms with Crippen LogP contribution in [0.2, 0.25) is 0 Å². The van der Waals surface area contributed by atoms with Gasteiger partial charge >= 0.3 is 0 Å². The van der Waals surface area contributed by atoms with E-state index in [4.69, 9.17) is 50.5 Å². The molecule has 126 valence electrons. The van der Waals surface area contributed by atoms with E-state index in [2.05, 4.69) is 0 Å². The fourth-order valence-electron chi connectivity index (χ4n) is 1.68. The van der Waals surface area contributed by atoms with Crippen molar-refractivity contribution < 1.29 is 16.5 Å². The van der Waals surface area contributed by atoms with Crippen molar-refractivity contribution in [3.05, 3.63) is 92.4 Å². The van der Waals surface area contributed by atoms with E-state index in [-0.39, 0.29) is 16.5 Å². The minimum Gasteiger partial charge on any atom is -0.789 e. The fourth-order valence-corrected chi connectivity index (χ4v) is 2.18. The van der Waals surface area contributed by atoms with Crippen molar-refractivity contribution >= 4 is 50.5 Å². The summed E-state index contributed by atoms with van der Waals surface area (Å²) in [5, 5.41) is 3.12. The summed E-state index contributed by atoms with van der Waals surface area (Å²) >= 11 is 19.4. The predicted octanol–water partition coefficient (Wildman–Crippen LogP) is 4.33. The summed E-state index contributed by atoms with van der Waals surface area (Å²) in [6.07, 6.45) is 1.58.